The van der Waals surface area contributed by atoms with Gasteiger partial charge in [0.05, 0.1) is 18.8 Å². The summed E-state index contributed by atoms with van der Waals surface area (Å²) in [4.78, 5) is 12.0. The summed E-state index contributed by atoms with van der Waals surface area (Å²) in [7, 11) is 0. The molecule has 0 bridgehead atoms. The zero-order chi connectivity index (χ0) is 21.3. The molecule has 0 fully saturated rings. The van der Waals surface area contributed by atoms with Gasteiger partial charge in [-0.05, 0) is 40.0 Å². The average Bonchev–Trinajstić information content (AvgIpc) is 2.63. The van der Waals surface area contributed by atoms with Crippen LogP contribution in [0.2, 0.25) is 0 Å². The molecule has 0 spiro atoms. The molecule has 0 atom stereocenters. The van der Waals surface area contributed by atoms with Gasteiger partial charge in [0.1, 0.15) is 5.60 Å². The smallest absolute Gasteiger partial charge is 0.408 e. The van der Waals surface area contributed by atoms with E-state index in [-0.39, 0.29) is 13.2 Å². The largest absolute Gasteiger partial charge is 0.444 e. The van der Waals surface area contributed by atoms with Crippen molar-refractivity contribution in [2.24, 2.45) is 0 Å². The van der Waals surface area contributed by atoms with E-state index in [2.05, 4.69) is 12.2 Å². The highest BCUT2D eigenvalue weighted by molar-refractivity contribution is 5.68. The van der Waals surface area contributed by atoms with E-state index >= 15 is 0 Å². The zero-order valence-corrected chi connectivity index (χ0v) is 18.7. The highest BCUT2D eigenvalue weighted by atomic mass is 16.6. The van der Waals surface area contributed by atoms with E-state index in [1.807, 2.05) is 0 Å². The molecular weight excluding hydrogens is 358 g/mol. The first-order valence-corrected chi connectivity index (χ1v) is 11.1. The maximum absolute atomic E-state index is 12.0. The molecule has 168 valence electrons. The lowest BCUT2D eigenvalue weighted by Crippen LogP contribution is -2.55. The second kappa shape index (κ2) is 16.0. The number of aliphatic hydroxyl groups is 2. The summed E-state index contributed by atoms with van der Waals surface area (Å²) in [6.07, 6.45) is 11.3. The van der Waals surface area contributed by atoms with Crippen LogP contribution in [-0.4, -0.2) is 53.9 Å². The summed E-state index contributed by atoms with van der Waals surface area (Å²) in [5.41, 5.74) is -1.63. The predicted molar refractivity (Wildman–Crippen MR) is 114 cm³/mol. The van der Waals surface area contributed by atoms with Crippen LogP contribution in [0.1, 0.15) is 98.3 Å². The number of alkyl carbamates (subject to hydrolysis) is 1. The van der Waals surface area contributed by atoms with Gasteiger partial charge in [-0.15, -0.1) is 0 Å². The van der Waals surface area contributed by atoms with Crippen molar-refractivity contribution in [1.82, 2.24) is 5.32 Å². The topological polar surface area (TPSA) is 88.0 Å². The number of carbonyl (C=O) groups is 1. The normalized spacial score (nSPS) is 12.2. The molecule has 0 saturated heterocycles. The molecule has 0 aromatic rings. The van der Waals surface area contributed by atoms with E-state index in [0.29, 0.717) is 6.42 Å². The van der Waals surface area contributed by atoms with Gasteiger partial charge in [0.2, 0.25) is 0 Å². The molecule has 1 amide bonds. The van der Waals surface area contributed by atoms with Gasteiger partial charge in [-0.25, -0.2) is 4.79 Å². The van der Waals surface area contributed by atoms with Crippen molar-refractivity contribution in [3.63, 3.8) is 0 Å². The number of carbonyl (C=O) groups excluding carboxylic acids is 1. The van der Waals surface area contributed by atoms with E-state index in [1.54, 1.807) is 20.8 Å². The van der Waals surface area contributed by atoms with Gasteiger partial charge in [-0.1, -0.05) is 58.3 Å². The summed E-state index contributed by atoms with van der Waals surface area (Å²) in [6.45, 7) is 8.68. The summed E-state index contributed by atoms with van der Waals surface area (Å²) >= 11 is 0. The molecule has 0 aromatic carbocycles. The maximum atomic E-state index is 12.0. The monoisotopic (exact) mass is 403 g/mol. The standard InChI is InChI=1S/C22H45NO5/c1-5-6-7-13-16-27-17-14-11-9-8-10-12-15-22(18-24,19-25)23-20(26)28-21(2,3)4/h24-25H,5-19H2,1-4H3,(H,23,26). The SMILES string of the molecule is CCCCCCOCCCCCCCCC(CO)(CO)NC(=O)OC(C)(C)C. The molecule has 6 nitrogen and oxygen atoms in total. The van der Waals surface area contributed by atoms with Crippen molar-refractivity contribution in [2.45, 2.75) is 109 Å². The minimum absolute atomic E-state index is 0.307. The fourth-order valence-electron chi connectivity index (χ4n) is 2.98. The van der Waals surface area contributed by atoms with Gasteiger partial charge < -0.3 is 25.0 Å². The summed E-state index contributed by atoms with van der Waals surface area (Å²) in [6, 6.07) is 0. The van der Waals surface area contributed by atoms with E-state index in [0.717, 1.165) is 51.7 Å². The Hall–Kier alpha value is -0.850. The third-order valence-electron chi connectivity index (χ3n) is 4.71. The van der Waals surface area contributed by atoms with E-state index in [1.165, 1.54) is 25.7 Å². The molecule has 28 heavy (non-hydrogen) atoms. The molecule has 6 heteroatoms. The predicted octanol–water partition coefficient (Wildman–Crippen LogP) is 4.56. The molecule has 3 N–H and O–H groups in total. The van der Waals surface area contributed by atoms with Crippen LogP contribution in [0.4, 0.5) is 4.79 Å². The number of unbranched alkanes of at least 4 members (excludes halogenated alkanes) is 8. The molecule has 0 aliphatic carbocycles. The van der Waals surface area contributed by atoms with Crippen LogP contribution in [0.3, 0.4) is 0 Å². The number of aliphatic hydroxyl groups excluding tert-OH is 2. The molecule has 0 unspecified atom stereocenters. The first-order chi connectivity index (χ1) is 13.3. The number of hydrogen-bond acceptors (Lipinski definition) is 5. The van der Waals surface area contributed by atoms with Gasteiger partial charge in [0.25, 0.3) is 0 Å². The molecule has 0 aromatic heterocycles. The second-order valence-electron chi connectivity index (χ2n) is 8.77. The van der Waals surface area contributed by atoms with Crippen LogP contribution in [0.25, 0.3) is 0 Å². The molecule has 0 heterocycles. The van der Waals surface area contributed by atoms with Crippen molar-refractivity contribution in [3.05, 3.63) is 0 Å². The summed E-state index contributed by atoms with van der Waals surface area (Å²) in [5.74, 6) is 0. The first kappa shape index (κ1) is 27.1. The van der Waals surface area contributed by atoms with Crippen molar-refractivity contribution in [1.29, 1.82) is 0 Å². The van der Waals surface area contributed by atoms with Crippen LogP contribution in [0.15, 0.2) is 0 Å². The van der Waals surface area contributed by atoms with Crippen LogP contribution in [0, 0.1) is 0 Å². The summed E-state index contributed by atoms with van der Waals surface area (Å²) < 4.78 is 10.9. The van der Waals surface area contributed by atoms with Crippen molar-refractivity contribution in [2.75, 3.05) is 26.4 Å². The third-order valence-corrected chi connectivity index (χ3v) is 4.71. The number of nitrogens with one attached hydrogen (secondary N) is 1. The lowest BCUT2D eigenvalue weighted by molar-refractivity contribution is 0.0269. The Kier molecular flexibility index (Phi) is 15.5. The Morgan fingerprint density at radius 3 is 1.82 bits per heavy atom. The summed E-state index contributed by atoms with van der Waals surface area (Å²) in [5, 5.41) is 22.0. The Morgan fingerprint density at radius 2 is 1.32 bits per heavy atom. The highest BCUT2D eigenvalue weighted by Crippen LogP contribution is 2.17. The number of rotatable bonds is 17. The molecule has 0 saturated carbocycles. The minimum atomic E-state index is -1.02. The Bertz CT molecular complexity index is 378. The maximum Gasteiger partial charge on any atom is 0.408 e. The fourth-order valence-corrected chi connectivity index (χ4v) is 2.98. The van der Waals surface area contributed by atoms with Gasteiger partial charge >= 0.3 is 6.09 Å². The van der Waals surface area contributed by atoms with Gasteiger partial charge in [0, 0.05) is 13.2 Å². The van der Waals surface area contributed by atoms with Crippen molar-refractivity contribution in [3.8, 4) is 0 Å². The third kappa shape index (κ3) is 15.1. The first-order valence-electron chi connectivity index (χ1n) is 11.1. The molecule has 0 aliphatic rings. The Labute approximate surface area is 172 Å². The highest BCUT2D eigenvalue weighted by Gasteiger charge is 2.32. The second-order valence-corrected chi connectivity index (χ2v) is 8.77. The molecule has 0 radical (unpaired) electrons. The fraction of sp³-hybridized carbons (Fsp3) is 0.955. The van der Waals surface area contributed by atoms with E-state index in [4.69, 9.17) is 9.47 Å². The Morgan fingerprint density at radius 1 is 0.821 bits per heavy atom. The lowest BCUT2D eigenvalue weighted by atomic mass is 9.93. The number of ether oxygens (including phenoxy) is 2. The van der Waals surface area contributed by atoms with Gasteiger partial charge in [0.15, 0.2) is 0 Å². The number of hydrogen-bond donors (Lipinski definition) is 3. The lowest BCUT2D eigenvalue weighted by Gasteiger charge is -2.32. The number of amides is 1. The van der Waals surface area contributed by atoms with Crippen LogP contribution < -0.4 is 5.32 Å². The van der Waals surface area contributed by atoms with Crippen LogP contribution >= 0.6 is 0 Å². The molecule has 0 rings (SSSR count). The zero-order valence-electron chi connectivity index (χ0n) is 18.7. The van der Waals surface area contributed by atoms with E-state index < -0.39 is 17.2 Å². The van der Waals surface area contributed by atoms with Crippen LogP contribution in [0.5, 0.6) is 0 Å². The van der Waals surface area contributed by atoms with E-state index in [9.17, 15) is 15.0 Å². The minimum Gasteiger partial charge on any atom is -0.444 e. The molecular formula is C22H45NO5. The average molecular weight is 404 g/mol. The van der Waals surface area contributed by atoms with Gasteiger partial charge in [-0.3, -0.25) is 0 Å². The Balaban J connectivity index is 3.80. The van der Waals surface area contributed by atoms with Gasteiger partial charge in [-0.2, -0.15) is 0 Å². The molecule has 0 aliphatic heterocycles. The van der Waals surface area contributed by atoms with Crippen molar-refractivity contribution >= 4 is 6.09 Å². The van der Waals surface area contributed by atoms with Crippen molar-refractivity contribution < 1.29 is 24.5 Å². The quantitative estimate of drug-likeness (QED) is 0.310. The van der Waals surface area contributed by atoms with Crippen LogP contribution in [-0.2, 0) is 9.47 Å².